The average molecular weight is 264 g/mol. The van der Waals surface area contributed by atoms with Crippen LogP contribution in [0.2, 0.25) is 0 Å². The molecule has 0 radical (unpaired) electrons. The van der Waals surface area contributed by atoms with Crippen LogP contribution in [0.4, 0.5) is 8.78 Å². The Morgan fingerprint density at radius 1 is 1.11 bits per heavy atom. The number of nitrogens with one attached hydrogen (secondary N) is 1. The van der Waals surface area contributed by atoms with Crippen LogP contribution in [0.5, 0.6) is 0 Å². The maximum atomic E-state index is 12.9. The van der Waals surface area contributed by atoms with Crippen LogP contribution in [-0.2, 0) is 13.1 Å². The summed E-state index contributed by atoms with van der Waals surface area (Å²) in [5.74, 6) is -1.67. The SMILES string of the molecule is N#Cc1ccc(CNCc2ccc(F)c(F)c2)s1. The number of hydrogen-bond acceptors (Lipinski definition) is 3. The highest BCUT2D eigenvalue weighted by Gasteiger charge is 2.03. The fourth-order valence-corrected chi connectivity index (χ4v) is 2.29. The summed E-state index contributed by atoms with van der Waals surface area (Å²) >= 11 is 1.42. The molecule has 0 saturated carbocycles. The van der Waals surface area contributed by atoms with Crippen molar-refractivity contribution in [2.75, 3.05) is 0 Å². The molecule has 0 saturated heterocycles. The highest BCUT2D eigenvalue weighted by Crippen LogP contribution is 2.15. The van der Waals surface area contributed by atoms with Crippen LogP contribution in [0.15, 0.2) is 30.3 Å². The summed E-state index contributed by atoms with van der Waals surface area (Å²) in [7, 11) is 0. The summed E-state index contributed by atoms with van der Waals surface area (Å²) in [5.41, 5.74) is 0.686. The lowest BCUT2D eigenvalue weighted by Crippen LogP contribution is -2.11. The molecule has 2 nitrogen and oxygen atoms in total. The van der Waals surface area contributed by atoms with Crippen LogP contribution in [0.25, 0.3) is 0 Å². The molecule has 0 fully saturated rings. The van der Waals surface area contributed by atoms with Gasteiger partial charge in [-0.05, 0) is 29.8 Å². The van der Waals surface area contributed by atoms with E-state index in [2.05, 4.69) is 11.4 Å². The highest BCUT2D eigenvalue weighted by molar-refractivity contribution is 7.12. The average Bonchev–Trinajstić information content (AvgIpc) is 2.82. The molecule has 1 aromatic heterocycles. The number of thiophene rings is 1. The molecule has 1 aromatic carbocycles. The largest absolute Gasteiger partial charge is 0.308 e. The first kappa shape index (κ1) is 12.7. The number of rotatable bonds is 4. The molecule has 0 unspecified atom stereocenters. The molecule has 18 heavy (non-hydrogen) atoms. The predicted molar refractivity (Wildman–Crippen MR) is 65.9 cm³/mol. The van der Waals surface area contributed by atoms with Gasteiger partial charge >= 0.3 is 0 Å². The molecule has 0 atom stereocenters. The number of nitrogens with zero attached hydrogens (tertiary/aromatic N) is 1. The summed E-state index contributed by atoms with van der Waals surface area (Å²) in [6.45, 7) is 1.06. The van der Waals surface area contributed by atoms with Crippen LogP contribution in [0, 0.1) is 23.0 Å². The number of nitriles is 1. The molecule has 0 aliphatic carbocycles. The lowest BCUT2D eigenvalue weighted by atomic mass is 10.2. The molecule has 1 heterocycles. The van der Waals surface area contributed by atoms with Crippen molar-refractivity contribution in [2.24, 2.45) is 0 Å². The van der Waals surface area contributed by atoms with Gasteiger partial charge in [-0.2, -0.15) is 5.26 Å². The second-order valence-electron chi connectivity index (χ2n) is 3.73. The predicted octanol–water partition coefficient (Wildman–Crippen LogP) is 3.19. The summed E-state index contributed by atoms with van der Waals surface area (Å²) in [5, 5.41) is 11.8. The van der Waals surface area contributed by atoms with Gasteiger partial charge < -0.3 is 5.32 Å². The van der Waals surface area contributed by atoms with Crippen molar-refractivity contribution in [1.82, 2.24) is 5.32 Å². The molecule has 5 heteroatoms. The van der Waals surface area contributed by atoms with Gasteiger partial charge in [0, 0.05) is 18.0 Å². The lowest BCUT2D eigenvalue weighted by molar-refractivity contribution is 0.506. The van der Waals surface area contributed by atoms with E-state index in [1.54, 1.807) is 12.1 Å². The molecule has 1 N–H and O–H groups in total. The van der Waals surface area contributed by atoms with Crippen LogP contribution in [0.1, 0.15) is 15.3 Å². The zero-order valence-electron chi connectivity index (χ0n) is 9.41. The maximum absolute atomic E-state index is 12.9. The minimum atomic E-state index is -0.837. The number of hydrogen-bond donors (Lipinski definition) is 1. The van der Waals surface area contributed by atoms with Gasteiger partial charge in [0.2, 0.25) is 0 Å². The first-order valence-corrected chi connectivity index (χ1v) is 6.14. The molecule has 2 aromatic rings. The number of benzene rings is 1. The van der Waals surface area contributed by atoms with Crippen LogP contribution in [-0.4, -0.2) is 0 Å². The molecular weight excluding hydrogens is 254 g/mol. The highest BCUT2D eigenvalue weighted by atomic mass is 32.1. The first-order valence-electron chi connectivity index (χ1n) is 5.32. The van der Waals surface area contributed by atoms with E-state index in [0.29, 0.717) is 23.5 Å². The third kappa shape index (κ3) is 3.13. The zero-order chi connectivity index (χ0) is 13.0. The van der Waals surface area contributed by atoms with E-state index in [1.807, 2.05) is 6.07 Å². The van der Waals surface area contributed by atoms with Crippen molar-refractivity contribution < 1.29 is 8.78 Å². The van der Waals surface area contributed by atoms with Gasteiger partial charge in [0.1, 0.15) is 10.9 Å². The van der Waals surface area contributed by atoms with E-state index >= 15 is 0 Å². The zero-order valence-corrected chi connectivity index (χ0v) is 10.2. The Hall–Kier alpha value is -1.77. The molecule has 0 aliphatic rings. The molecule has 0 aliphatic heterocycles. The molecule has 0 spiro atoms. The minimum absolute atomic E-state index is 0.455. The van der Waals surface area contributed by atoms with Gasteiger partial charge in [-0.15, -0.1) is 11.3 Å². The molecular formula is C13H10F2N2S. The number of halogens is 2. The Morgan fingerprint density at radius 3 is 2.61 bits per heavy atom. The normalized spacial score (nSPS) is 10.3. The van der Waals surface area contributed by atoms with E-state index < -0.39 is 11.6 Å². The standard InChI is InChI=1S/C13H10F2N2S/c14-12-4-1-9(5-13(12)15)7-17-8-11-3-2-10(6-16)18-11/h1-5,17H,7-8H2. The van der Waals surface area contributed by atoms with Crippen molar-refractivity contribution in [1.29, 1.82) is 5.26 Å². The Bertz CT molecular complexity index is 587. The fourth-order valence-electron chi connectivity index (χ4n) is 1.51. The minimum Gasteiger partial charge on any atom is -0.308 e. The maximum Gasteiger partial charge on any atom is 0.159 e. The smallest absolute Gasteiger partial charge is 0.159 e. The summed E-state index contributed by atoms with van der Waals surface area (Å²) in [6.07, 6.45) is 0. The van der Waals surface area contributed by atoms with E-state index in [1.165, 1.54) is 17.4 Å². The summed E-state index contributed by atoms with van der Waals surface area (Å²) in [4.78, 5) is 1.70. The van der Waals surface area contributed by atoms with Crippen molar-refractivity contribution in [2.45, 2.75) is 13.1 Å². The van der Waals surface area contributed by atoms with Crippen molar-refractivity contribution in [3.63, 3.8) is 0 Å². The third-order valence-electron chi connectivity index (χ3n) is 2.38. The Kier molecular flexibility index (Phi) is 4.03. The first-order chi connectivity index (χ1) is 8.69. The molecule has 0 amide bonds. The second-order valence-corrected chi connectivity index (χ2v) is 4.90. The molecule has 2 rings (SSSR count). The second kappa shape index (κ2) is 5.71. The van der Waals surface area contributed by atoms with E-state index in [4.69, 9.17) is 5.26 Å². The van der Waals surface area contributed by atoms with Gasteiger partial charge in [0.15, 0.2) is 11.6 Å². The van der Waals surface area contributed by atoms with Crippen molar-refractivity contribution in [3.8, 4) is 6.07 Å². The van der Waals surface area contributed by atoms with Gasteiger partial charge in [0.05, 0.1) is 0 Å². The van der Waals surface area contributed by atoms with Gasteiger partial charge in [0.25, 0.3) is 0 Å². The molecule has 0 bridgehead atoms. The van der Waals surface area contributed by atoms with Crippen LogP contribution >= 0.6 is 11.3 Å². The summed E-state index contributed by atoms with van der Waals surface area (Å²) in [6, 6.07) is 9.54. The van der Waals surface area contributed by atoms with Crippen molar-refractivity contribution in [3.05, 3.63) is 57.3 Å². The van der Waals surface area contributed by atoms with E-state index in [-0.39, 0.29) is 0 Å². The van der Waals surface area contributed by atoms with Gasteiger partial charge in [-0.1, -0.05) is 6.07 Å². The van der Waals surface area contributed by atoms with Crippen molar-refractivity contribution >= 4 is 11.3 Å². The monoisotopic (exact) mass is 264 g/mol. The fraction of sp³-hybridized carbons (Fsp3) is 0.154. The molecule has 92 valence electrons. The van der Waals surface area contributed by atoms with Gasteiger partial charge in [-0.25, -0.2) is 8.78 Å². The van der Waals surface area contributed by atoms with Gasteiger partial charge in [-0.3, -0.25) is 0 Å². The Labute approximate surface area is 107 Å². The van der Waals surface area contributed by atoms with Crippen LogP contribution < -0.4 is 5.32 Å². The lowest BCUT2D eigenvalue weighted by Gasteiger charge is -2.03. The third-order valence-corrected chi connectivity index (χ3v) is 3.37. The topological polar surface area (TPSA) is 35.8 Å². The van der Waals surface area contributed by atoms with E-state index in [9.17, 15) is 8.78 Å². The van der Waals surface area contributed by atoms with Crippen LogP contribution in [0.3, 0.4) is 0 Å². The Balaban J connectivity index is 1.88. The Morgan fingerprint density at radius 2 is 1.94 bits per heavy atom. The summed E-state index contributed by atoms with van der Waals surface area (Å²) < 4.78 is 25.6. The quantitative estimate of drug-likeness (QED) is 0.920. The van der Waals surface area contributed by atoms with E-state index in [0.717, 1.165) is 10.9 Å².